The summed E-state index contributed by atoms with van der Waals surface area (Å²) < 4.78 is 13.1. The van der Waals surface area contributed by atoms with E-state index in [9.17, 15) is 9.18 Å². The van der Waals surface area contributed by atoms with E-state index in [0.29, 0.717) is 5.92 Å². The first kappa shape index (κ1) is 12.1. The third kappa shape index (κ3) is 3.29. The van der Waals surface area contributed by atoms with Gasteiger partial charge in [0.2, 0.25) is 5.91 Å². The summed E-state index contributed by atoms with van der Waals surface area (Å²) in [6, 6.07) is 6.75. The number of nitrogens with zero attached hydrogens (tertiary/aromatic N) is 1. The third-order valence-electron chi connectivity index (χ3n) is 3.38. The van der Waals surface area contributed by atoms with Crippen molar-refractivity contribution >= 4 is 5.91 Å². The van der Waals surface area contributed by atoms with Gasteiger partial charge in [-0.25, -0.2) is 4.39 Å². The van der Waals surface area contributed by atoms with Gasteiger partial charge >= 0.3 is 0 Å². The number of amides is 1. The van der Waals surface area contributed by atoms with Crippen LogP contribution in [0.15, 0.2) is 24.3 Å². The summed E-state index contributed by atoms with van der Waals surface area (Å²) in [6.07, 6.45) is 3.04. The van der Waals surface area contributed by atoms with E-state index in [4.69, 9.17) is 0 Å². The Kier molecular flexibility index (Phi) is 3.77. The Hall–Kier alpha value is -1.38. The number of halogens is 1. The highest BCUT2D eigenvalue weighted by molar-refractivity contribution is 5.73. The molecule has 3 heteroatoms. The van der Waals surface area contributed by atoms with Crippen LogP contribution in [0.25, 0.3) is 0 Å². The molecule has 1 aromatic rings. The van der Waals surface area contributed by atoms with Crippen LogP contribution >= 0.6 is 0 Å². The average Bonchev–Trinajstić information content (AvgIpc) is 2.29. The fourth-order valence-corrected chi connectivity index (χ4v) is 2.51. The number of carbonyl (C=O) groups is 1. The number of benzene rings is 1. The fraction of sp³-hybridized carbons (Fsp3) is 0.500. The van der Waals surface area contributed by atoms with E-state index >= 15 is 0 Å². The molecule has 0 bridgehead atoms. The van der Waals surface area contributed by atoms with Crippen LogP contribution in [0, 0.1) is 11.7 Å². The molecule has 1 aliphatic rings. The lowest BCUT2D eigenvalue weighted by molar-refractivity contribution is -0.130. The molecule has 0 spiro atoms. The van der Waals surface area contributed by atoms with Crippen molar-refractivity contribution in [2.45, 2.75) is 26.2 Å². The summed E-state index contributed by atoms with van der Waals surface area (Å²) in [5.41, 5.74) is 1.03. The summed E-state index contributed by atoms with van der Waals surface area (Å²) in [5, 5.41) is 0. The summed E-state index contributed by atoms with van der Waals surface area (Å²) in [6.45, 7) is 3.30. The van der Waals surface area contributed by atoms with Gasteiger partial charge in [-0.2, -0.15) is 0 Å². The lowest BCUT2D eigenvalue weighted by atomic mass is 9.91. The smallest absolute Gasteiger partial charge is 0.219 e. The van der Waals surface area contributed by atoms with Gasteiger partial charge in [0.25, 0.3) is 0 Å². The highest BCUT2D eigenvalue weighted by Gasteiger charge is 2.21. The van der Waals surface area contributed by atoms with Gasteiger partial charge in [0.15, 0.2) is 0 Å². The molecule has 1 amide bonds. The van der Waals surface area contributed by atoms with Gasteiger partial charge in [-0.15, -0.1) is 0 Å². The predicted molar refractivity (Wildman–Crippen MR) is 65.1 cm³/mol. The summed E-state index contributed by atoms with van der Waals surface area (Å²) in [4.78, 5) is 13.2. The SMILES string of the molecule is CC(=O)N1CCCC(Cc2cccc(F)c2)C1. The second kappa shape index (κ2) is 5.30. The van der Waals surface area contributed by atoms with Crippen molar-refractivity contribution in [1.29, 1.82) is 0 Å². The van der Waals surface area contributed by atoms with Crippen LogP contribution in [0.2, 0.25) is 0 Å². The Labute approximate surface area is 101 Å². The van der Waals surface area contributed by atoms with Crippen LogP contribution in [-0.2, 0) is 11.2 Å². The maximum absolute atomic E-state index is 13.1. The minimum absolute atomic E-state index is 0.147. The number of rotatable bonds is 2. The molecule has 0 aromatic heterocycles. The Bertz CT molecular complexity index is 405. The molecule has 2 nitrogen and oxygen atoms in total. The van der Waals surface area contributed by atoms with Crippen molar-refractivity contribution in [3.05, 3.63) is 35.6 Å². The zero-order chi connectivity index (χ0) is 12.3. The normalized spacial score (nSPS) is 20.4. The third-order valence-corrected chi connectivity index (χ3v) is 3.38. The molecule has 2 rings (SSSR count). The molecule has 0 radical (unpaired) electrons. The van der Waals surface area contributed by atoms with E-state index in [1.165, 1.54) is 6.07 Å². The highest BCUT2D eigenvalue weighted by Crippen LogP contribution is 2.21. The van der Waals surface area contributed by atoms with E-state index < -0.39 is 0 Å². The van der Waals surface area contributed by atoms with Crippen LogP contribution in [0.3, 0.4) is 0 Å². The molecule has 1 atom stereocenters. The lowest BCUT2D eigenvalue weighted by Crippen LogP contribution is -2.39. The molecular formula is C14H18FNO. The molecule has 0 aliphatic carbocycles. The molecule has 0 saturated carbocycles. The van der Waals surface area contributed by atoms with E-state index in [-0.39, 0.29) is 11.7 Å². The van der Waals surface area contributed by atoms with Crippen molar-refractivity contribution in [2.75, 3.05) is 13.1 Å². The first-order valence-electron chi connectivity index (χ1n) is 6.15. The molecule has 1 aromatic carbocycles. The standard InChI is InChI=1S/C14H18FNO/c1-11(17)16-7-3-5-13(10-16)8-12-4-2-6-14(15)9-12/h2,4,6,9,13H,3,5,7-8,10H2,1H3. The number of piperidine rings is 1. The molecule has 92 valence electrons. The van der Waals surface area contributed by atoms with Gasteiger partial charge in [0.05, 0.1) is 0 Å². The molecule has 17 heavy (non-hydrogen) atoms. The van der Waals surface area contributed by atoms with Crippen molar-refractivity contribution in [3.8, 4) is 0 Å². The lowest BCUT2D eigenvalue weighted by Gasteiger charge is -2.32. The largest absolute Gasteiger partial charge is 0.343 e. The summed E-state index contributed by atoms with van der Waals surface area (Å²) >= 11 is 0. The van der Waals surface area contributed by atoms with Crippen molar-refractivity contribution < 1.29 is 9.18 Å². The van der Waals surface area contributed by atoms with E-state index in [1.54, 1.807) is 19.1 Å². The Morgan fingerprint density at radius 2 is 2.35 bits per heavy atom. The minimum atomic E-state index is -0.179. The van der Waals surface area contributed by atoms with Crippen LogP contribution in [0.4, 0.5) is 4.39 Å². The predicted octanol–water partition coefficient (Wildman–Crippen LogP) is 2.63. The second-order valence-corrected chi connectivity index (χ2v) is 4.81. The van der Waals surface area contributed by atoms with Crippen LogP contribution < -0.4 is 0 Å². The number of carbonyl (C=O) groups excluding carboxylic acids is 1. The Morgan fingerprint density at radius 3 is 3.06 bits per heavy atom. The summed E-state index contributed by atoms with van der Waals surface area (Å²) in [5.74, 6) is 0.435. The first-order chi connectivity index (χ1) is 8.15. The molecular weight excluding hydrogens is 217 g/mol. The topological polar surface area (TPSA) is 20.3 Å². The van der Waals surface area contributed by atoms with Gasteiger partial charge in [-0.3, -0.25) is 4.79 Å². The Morgan fingerprint density at radius 1 is 1.53 bits per heavy atom. The first-order valence-corrected chi connectivity index (χ1v) is 6.15. The van der Waals surface area contributed by atoms with Gasteiger partial charge in [-0.1, -0.05) is 12.1 Å². The molecule has 1 fully saturated rings. The zero-order valence-corrected chi connectivity index (χ0v) is 10.2. The second-order valence-electron chi connectivity index (χ2n) is 4.81. The quantitative estimate of drug-likeness (QED) is 0.771. The van der Waals surface area contributed by atoms with Crippen LogP contribution in [-0.4, -0.2) is 23.9 Å². The van der Waals surface area contributed by atoms with Crippen LogP contribution in [0.5, 0.6) is 0 Å². The minimum Gasteiger partial charge on any atom is -0.343 e. The molecule has 1 saturated heterocycles. The maximum atomic E-state index is 13.1. The Balaban J connectivity index is 1.97. The highest BCUT2D eigenvalue weighted by atomic mass is 19.1. The van der Waals surface area contributed by atoms with Gasteiger partial charge in [-0.05, 0) is 42.9 Å². The van der Waals surface area contributed by atoms with Crippen molar-refractivity contribution in [1.82, 2.24) is 4.90 Å². The van der Waals surface area contributed by atoms with E-state index in [1.807, 2.05) is 11.0 Å². The van der Waals surface area contributed by atoms with Gasteiger partial charge < -0.3 is 4.90 Å². The van der Waals surface area contributed by atoms with E-state index in [0.717, 1.165) is 37.9 Å². The summed E-state index contributed by atoms with van der Waals surface area (Å²) in [7, 11) is 0. The monoisotopic (exact) mass is 235 g/mol. The molecule has 1 heterocycles. The van der Waals surface area contributed by atoms with Gasteiger partial charge in [0, 0.05) is 20.0 Å². The van der Waals surface area contributed by atoms with Crippen molar-refractivity contribution in [3.63, 3.8) is 0 Å². The van der Waals surface area contributed by atoms with E-state index in [2.05, 4.69) is 0 Å². The maximum Gasteiger partial charge on any atom is 0.219 e. The van der Waals surface area contributed by atoms with Gasteiger partial charge in [0.1, 0.15) is 5.82 Å². The molecule has 0 N–H and O–H groups in total. The zero-order valence-electron chi connectivity index (χ0n) is 10.2. The number of likely N-dealkylation sites (tertiary alicyclic amines) is 1. The van der Waals surface area contributed by atoms with Crippen LogP contribution in [0.1, 0.15) is 25.3 Å². The fourth-order valence-electron chi connectivity index (χ4n) is 2.51. The molecule has 1 unspecified atom stereocenters. The number of hydrogen-bond donors (Lipinski definition) is 0. The average molecular weight is 235 g/mol. The van der Waals surface area contributed by atoms with Crippen molar-refractivity contribution in [2.24, 2.45) is 5.92 Å². The number of hydrogen-bond acceptors (Lipinski definition) is 1. The molecule has 1 aliphatic heterocycles.